The maximum absolute atomic E-state index is 5.12. The Labute approximate surface area is 130 Å². The normalized spacial score (nSPS) is 13.7. The van der Waals surface area contributed by atoms with E-state index in [2.05, 4.69) is 37.1 Å². The zero-order valence-electron chi connectivity index (χ0n) is 14.1. The van der Waals surface area contributed by atoms with Crippen molar-refractivity contribution in [1.82, 2.24) is 4.98 Å². The molecule has 0 saturated heterocycles. The molecular weight excluding hydrogens is 260 g/mol. The molecule has 1 heterocycles. The van der Waals surface area contributed by atoms with Gasteiger partial charge in [-0.15, -0.1) is 0 Å². The van der Waals surface area contributed by atoms with Gasteiger partial charge in [-0.2, -0.15) is 0 Å². The molecule has 2 atom stereocenters. The number of hydrogen-bond acceptors (Lipinski definition) is 3. The molecule has 0 amide bonds. The Hall–Kier alpha value is -1.25. The summed E-state index contributed by atoms with van der Waals surface area (Å²) in [5.41, 5.74) is 0.982. The molecule has 3 heteroatoms. The number of nitrogens with zero attached hydrogens (tertiary/aromatic N) is 1. The minimum atomic E-state index is 0.504. The Morgan fingerprint density at radius 3 is 2.62 bits per heavy atom. The quantitative estimate of drug-likeness (QED) is 0.617. The Morgan fingerprint density at radius 1 is 1.19 bits per heavy atom. The molecule has 1 rings (SSSR count). The highest BCUT2D eigenvalue weighted by molar-refractivity contribution is 5.44. The first-order chi connectivity index (χ1) is 10.2. The fourth-order valence-electron chi connectivity index (χ4n) is 2.64. The van der Waals surface area contributed by atoms with Crippen molar-refractivity contribution in [3.63, 3.8) is 0 Å². The van der Waals surface area contributed by atoms with Crippen molar-refractivity contribution in [3.05, 3.63) is 18.3 Å². The summed E-state index contributed by atoms with van der Waals surface area (Å²) in [5, 5.41) is 3.56. The summed E-state index contributed by atoms with van der Waals surface area (Å²) in [6.45, 7) is 6.83. The average Bonchev–Trinajstić information content (AvgIpc) is 2.54. The molecule has 0 aliphatic rings. The van der Waals surface area contributed by atoms with Gasteiger partial charge >= 0.3 is 0 Å². The van der Waals surface area contributed by atoms with E-state index in [-0.39, 0.29) is 0 Å². The zero-order chi connectivity index (χ0) is 15.5. The van der Waals surface area contributed by atoms with Crippen molar-refractivity contribution in [2.24, 2.45) is 5.92 Å². The Bertz CT molecular complexity index is 381. The summed E-state index contributed by atoms with van der Waals surface area (Å²) < 4.78 is 5.12. The minimum absolute atomic E-state index is 0.504. The predicted molar refractivity (Wildman–Crippen MR) is 89.9 cm³/mol. The maximum Gasteiger partial charge on any atom is 0.223 e. The summed E-state index contributed by atoms with van der Waals surface area (Å²) in [6, 6.07) is 5.61. The molecule has 1 radical (unpaired) electrons. The van der Waals surface area contributed by atoms with Crippen LogP contribution < -0.4 is 10.1 Å². The van der Waals surface area contributed by atoms with Crippen LogP contribution in [0, 0.1) is 12.0 Å². The number of aromatic nitrogens is 1. The second-order valence-corrected chi connectivity index (χ2v) is 5.74. The van der Waals surface area contributed by atoms with E-state index in [4.69, 9.17) is 4.74 Å². The van der Waals surface area contributed by atoms with Crippen molar-refractivity contribution in [2.45, 2.75) is 71.8 Å². The number of rotatable bonds is 11. The Morgan fingerprint density at radius 2 is 2.00 bits per heavy atom. The topological polar surface area (TPSA) is 34.1 Å². The molecule has 119 valence electrons. The number of methoxy groups -OCH3 is 1. The van der Waals surface area contributed by atoms with Crippen LogP contribution in [0.5, 0.6) is 5.88 Å². The summed E-state index contributed by atoms with van der Waals surface area (Å²) in [5.74, 6) is 1.42. The number of anilines is 1. The summed E-state index contributed by atoms with van der Waals surface area (Å²) >= 11 is 0. The van der Waals surface area contributed by atoms with Crippen molar-refractivity contribution < 1.29 is 4.74 Å². The molecule has 0 spiro atoms. The fraction of sp³-hybridized carbons (Fsp3) is 0.722. The largest absolute Gasteiger partial charge is 0.480 e. The van der Waals surface area contributed by atoms with Crippen LogP contribution in [0.4, 0.5) is 5.69 Å². The van der Waals surface area contributed by atoms with Crippen molar-refractivity contribution in [1.29, 1.82) is 0 Å². The van der Waals surface area contributed by atoms with Gasteiger partial charge in [0.05, 0.1) is 13.2 Å². The molecule has 21 heavy (non-hydrogen) atoms. The second-order valence-electron chi connectivity index (χ2n) is 5.74. The van der Waals surface area contributed by atoms with E-state index < -0.39 is 0 Å². The van der Waals surface area contributed by atoms with E-state index in [9.17, 15) is 0 Å². The third kappa shape index (κ3) is 6.83. The molecule has 0 saturated carbocycles. The van der Waals surface area contributed by atoms with Crippen LogP contribution >= 0.6 is 0 Å². The molecule has 0 aliphatic carbocycles. The minimum Gasteiger partial charge on any atom is -0.480 e. The molecule has 1 aromatic heterocycles. The zero-order valence-corrected chi connectivity index (χ0v) is 14.1. The van der Waals surface area contributed by atoms with Crippen LogP contribution in [-0.2, 0) is 0 Å². The lowest BCUT2D eigenvalue weighted by Crippen LogP contribution is -2.20. The van der Waals surface area contributed by atoms with E-state index in [0.717, 1.165) is 18.0 Å². The highest BCUT2D eigenvalue weighted by Gasteiger charge is 2.11. The second kappa shape index (κ2) is 10.5. The molecule has 2 unspecified atom stereocenters. The van der Waals surface area contributed by atoms with Crippen LogP contribution in [0.3, 0.4) is 0 Å². The summed E-state index contributed by atoms with van der Waals surface area (Å²) in [4.78, 5) is 4.09. The predicted octanol–water partition coefficient (Wildman–Crippen LogP) is 5.08. The number of ether oxygens (including phenoxy) is 1. The monoisotopic (exact) mass is 291 g/mol. The van der Waals surface area contributed by atoms with Crippen LogP contribution in [0.25, 0.3) is 0 Å². The molecule has 0 fully saturated rings. The van der Waals surface area contributed by atoms with Gasteiger partial charge in [0.1, 0.15) is 0 Å². The van der Waals surface area contributed by atoms with E-state index in [0.29, 0.717) is 11.9 Å². The Kier molecular flexibility index (Phi) is 8.88. The van der Waals surface area contributed by atoms with Gasteiger partial charge in [0.25, 0.3) is 0 Å². The van der Waals surface area contributed by atoms with Gasteiger partial charge in [0.15, 0.2) is 0 Å². The standard InChI is InChI=1S/C18H31N2O/c1-5-8-9-15(6-2)10-11-16(7-3)20-17-12-13-19-18(14-17)21-4/h12-13,15-16H,5-11H2,1-4H3,(H,19,20). The first-order valence-corrected chi connectivity index (χ1v) is 8.42. The van der Waals surface area contributed by atoms with Crippen molar-refractivity contribution >= 4 is 5.69 Å². The van der Waals surface area contributed by atoms with E-state index in [1.807, 2.05) is 6.07 Å². The SMILES string of the molecule is CCCCC(CC)CCC(CC)Nc1[c]c(OC)ncc1. The van der Waals surface area contributed by atoms with Crippen LogP contribution in [-0.4, -0.2) is 18.1 Å². The van der Waals surface area contributed by atoms with Gasteiger partial charge in [-0.1, -0.05) is 46.5 Å². The molecule has 0 aromatic carbocycles. The molecule has 0 bridgehead atoms. The van der Waals surface area contributed by atoms with Crippen LogP contribution in [0.1, 0.15) is 65.7 Å². The van der Waals surface area contributed by atoms with Crippen molar-refractivity contribution in [2.75, 3.05) is 12.4 Å². The third-order valence-corrected chi connectivity index (χ3v) is 4.19. The lowest BCUT2D eigenvalue weighted by atomic mass is 9.92. The highest BCUT2D eigenvalue weighted by Crippen LogP contribution is 2.22. The van der Waals surface area contributed by atoms with Gasteiger partial charge < -0.3 is 10.1 Å². The van der Waals surface area contributed by atoms with E-state index in [1.165, 1.54) is 38.5 Å². The molecule has 3 nitrogen and oxygen atoms in total. The summed E-state index contributed by atoms with van der Waals surface area (Å²) in [7, 11) is 1.62. The molecule has 0 aliphatic heterocycles. The van der Waals surface area contributed by atoms with Gasteiger partial charge in [-0.05, 0) is 31.2 Å². The third-order valence-electron chi connectivity index (χ3n) is 4.19. The maximum atomic E-state index is 5.12. The Balaban J connectivity index is 2.46. The number of hydrogen-bond donors (Lipinski definition) is 1. The van der Waals surface area contributed by atoms with Crippen LogP contribution in [0.2, 0.25) is 0 Å². The van der Waals surface area contributed by atoms with Gasteiger partial charge in [-0.3, -0.25) is 0 Å². The van der Waals surface area contributed by atoms with E-state index in [1.54, 1.807) is 13.3 Å². The smallest absolute Gasteiger partial charge is 0.223 e. The molecular formula is C18H31N2O. The number of unbranched alkanes of at least 4 members (excludes halogenated alkanes) is 1. The average molecular weight is 291 g/mol. The lowest BCUT2D eigenvalue weighted by molar-refractivity contribution is 0.393. The fourth-order valence-corrected chi connectivity index (χ4v) is 2.64. The summed E-state index contributed by atoms with van der Waals surface area (Å²) in [6.07, 6.45) is 10.8. The first kappa shape index (κ1) is 17.8. The number of nitrogens with one attached hydrogen (secondary N) is 1. The van der Waals surface area contributed by atoms with Crippen LogP contribution in [0.15, 0.2) is 12.3 Å². The number of pyridine rings is 1. The molecule has 1 N–H and O–H groups in total. The molecule has 1 aromatic rings. The van der Waals surface area contributed by atoms with E-state index >= 15 is 0 Å². The van der Waals surface area contributed by atoms with Crippen molar-refractivity contribution in [3.8, 4) is 5.88 Å². The lowest BCUT2D eigenvalue weighted by Gasteiger charge is -2.21. The van der Waals surface area contributed by atoms with Gasteiger partial charge in [0, 0.05) is 17.9 Å². The first-order valence-electron chi connectivity index (χ1n) is 8.42. The van der Waals surface area contributed by atoms with Gasteiger partial charge in [-0.25, -0.2) is 4.98 Å². The highest BCUT2D eigenvalue weighted by atomic mass is 16.5. The van der Waals surface area contributed by atoms with Gasteiger partial charge in [0.2, 0.25) is 5.88 Å².